The van der Waals surface area contributed by atoms with Crippen LogP contribution in [-0.2, 0) is 30.6 Å². The number of nitrogen functional groups attached to an aromatic ring is 1. The molecule has 2 saturated heterocycles. The number of carbonyl (C=O) groups excluding carboxylic acids is 2. The second-order valence-corrected chi connectivity index (χ2v) is 11.0. The molecule has 2 amide bonds. The van der Waals surface area contributed by atoms with Gasteiger partial charge in [0.2, 0.25) is 11.1 Å². The first-order valence-corrected chi connectivity index (χ1v) is 13.7. The molecule has 39 heavy (non-hydrogen) atoms. The van der Waals surface area contributed by atoms with Crippen LogP contribution < -0.4 is 11.1 Å². The number of nitrogens with one attached hydrogen (secondary N) is 1. The minimum Gasteiger partial charge on any atom is -0.481 e. The third kappa shape index (κ3) is 6.43. The fourth-order valence-corrected chi connectivity index (χ4v) is 6.89. The maximum Gasteiger partial charge on any atom is 0.325 e. The molecule has 2 aromatic rings. The van der Waals surface area contributed by atoms with E-state index in [2.05, 4.69) is 37.6 Å². The van der Waals surface area contributed by atoms with Crippen LogP contribution in [0.25, 0.3) is 0 Å². The van der Waals surface area contributed by atoms with Crippen molar-refractivity contribution in [3.05, 3.63) is 23.7 Å². The summed E-state index contributed by atoms with van der Waals surface area (Å²) in [4.78, 5) is 59.7. The molecule has 5 N–H and O–H groups in total. The van der Waals surface area contributed by atoms with E-state index in [1.54, 1.807) is 0 Å². The van der Waals surface area contributed by atoms with Crippen molar-refractivity contribution in [3.8, 4) is 0 Å². The van der Waals surface area contributed by atoms with Gasteiger partial charge in [-0.15, -0.1) is 40.6 Å². The van der Waals surface area contributed by atoms with Gasteiger partial charge in [-0.3, -0.25) is 19.2 Å². The number of nitrogens with zero attached hydrogens (tertiary/aromatic N) is 7. The number of hydrogen-bond donors (Lipinski definition) is 4. The number of amides is 2. The summed E-state index contributed by atoms with van der Waals surface area (Å²) in [5.41, 5.74) is 4.34. The topological polar surface area (TPSA) is 228 Å². The van der Waals surface area contributed by atoms with E-state index in [1.807, 2.05) is 0 Å². The molecule has 20 heteroatoms. The van der Waals surface area contributed by atoms with Crippen LogP contribution in [0.3, 0.4) is 0 Å². The second-order valence-electron chi connectivity index (χ2n) is 8.10. The van der Waals surface area contributed by atoms with Crippen LogP contribution in [0.15, 0.2) is 28.3 Å². The average Bonchev–Trinajstić information content (AvgIpc) is 3.51. The molecule has 2 fully saturated rings. The van der Waals surface area contributed by atoms with Crippen LogP contribution in [0.2, 0.25) is 0 Å². The van der Waals surface area contributed by atoms with Crippen molar-refractivity contribution in [1.29, 1.82) is 0 Å². The number of thiazole rings is 1. The number of carboxylic acid groups (broad SMARTS) is 2. The van der Waals surface area contributed by atoms with Crippen molar-refractivity contribution in [2.75, 3.05) is 30.4 Å². The molecule has 16 nitrogen and oxygen atoms in total. The van der Waals surface area contributed by atoms with Gasteiger partial charge in [0.05, 0.1) is 0 Å². The molecule has 0 saturated carbocycles. The lowest BCUT2D eigenvalue weighted by Gasteiger charge is -2.53. The summed E-state index contributed by atoms with van der Waals surface area (Å²) in [5.74, 6) is -3.31. The number of thioether (sulfide) groups is 2. The molecule has 210 valence electrons. The summed E-state index contributed by atoms with van der Waals surface area (Å²) < 4.78 is 1.05. The van der Waals surface area contributed by atoms with Gasteiger partial charge in [-0.25, -0.2) is 9.67 Å². The predicted molar refractivity (Wildman–Crippen MR) is 143 cm³/mol. The number of tetrazole rings is 1. The van der Waals surface area contributed by atoms with E-state index < -0.39 is 47.1 Å². The first kappa shape index (κ1) is 30.1. The molecular formula is C19H22ClN9O7S3. The zero-order valence-corrected chi connectivity index (χ0v) is 23.1. The van der Waals surface area contributed by atoms with E-state index in [-0.39, 0.29) is 58.8 Å². The Bertz CT molecular complexity index is 1300. The monoisotopic (exact) mass is 619 g/mol. The van der Waals surface area contributed by atoms with Crippen molar-refractivity contribution >= 4 is 81.9 Å². The highest BCUT2D eigenvalue weighted by Crippen LogP contribution is 2.44. The maximum atomic E-state index is 13.0. The summed E-state index contributed by atoms with van der Waals surface area (Å²) in [6.45, 7) is 2.97. The summed E-state index contributed by atoms with van der Waals surface area (Å²) in [6.07, 6.45) is 1.44. The standard InChI is InChI=1S/C19H21N9O7S3.ClH/c1-2-3-35-24-11(9-5-36-17(20)21-9)13(31)22-12-14(32)27-6-19(16(33)34,7-37-15(12)27)8-38-18-23-25-26-28(18)4-10(29)30;/h2,5,12,15H,1,3-4,6-8H2,(H2,20,21)(H,22,31)(H,29,30)(H,33,34);1H/t12?,15-,19?;/m1./s1. The highest BCUT2D eigenvalue weighted by atomic mass is 35.5. The first-order chi connectivity index (χ1) is 18.1. The molecule has 0 aliphatic carbocycles. The van der Waals surface area contributed by atoms with Gasteiger partial charge in [-0.1, -0.05) is 29.6 Å². The van der Waals surface area contributed by atoms with Gasteiger partial charge in [0, 0.05) is 23.4 Å². The summed E-state index contributed by atoms with van der Waals surface area (Å²) in [5, 5.41) is 37.7. The largest absolute Gasteiger partial charge is 0.481 e. The molecule has 2 aliphatic rings. The Morgan fingerprint density at radius 3 is 2.82 bits per heavy atom. The van der Waals surface area contributed by atoms with Crippen LogP contribution in [0.5, 0.6) is 0 Å². The Morgan fingerprint density at radius 2 is 2.18 bits per heavy atom. The number of aliphatic carboxylic acids is 2. The number of carbonyl (C=O) groups is 4. The lowest BCUT2D eigenvalue weighted by molar-refractivity contribution is -0.157. The Hall–Kier alpha value is -3.42. The maximum absolute atomic E-state index is 13.0. The highest BCUT2D eigenvalue weighted by molar-refractivity contribution is 8.00. The Kier molecular flexibility index (Phi) is 9.75. The molecule has 0 spiro atoms. The van der Waals surface area contributed by atoms with Crippen molar-refractivity contribution in [2.24, 2.45) is 10.6 Å². The SMILES string of the molecule is C=CCON=C(C(=O)NC1C(=O)N2CC(CSc3nnnn3CC(=O)O)(C(=O)O)CS[C@H]12)c1csc(N)n1.Cl. The van der Waals surface area contributed by atoms with Gasteiger partial charge < -0.3 is 31.0 Å². The molecule has 4 heterocycles. The van der Waals surface area contributed by atoms with Crippen LogP contribution in [0.4, 0.5) is 5.13 Å². The number of hydrogen-bond acceptors (Lipinski definition) is 14. The highest BCUT2D eigenvalue weighted by Gasteiger charge is 2.57. The molecule has 4 rings (SSSR count). The van der Waals surface area contributed by atoms with Gasteiger partial charge >= 0.3 is 11.9 Å². The van der Waals surface area contributed by atoms with E-state index in [1.165, 1.54) is 28.1 Å². The summed E-state index contributed by atoms with van der Waals surface area (Å²) >= 11 is 3.31. The normalized spacial score (nSPS) is 22.2. The number of carboxylic acids is 2. The Balaban J connectivity index is 0.00000420. The number of oxime groups is 1. The number of nitrogens with two attached hydrogens (primary N) is 1. The molecule has 0 bridgehead atoms. The van der Waals surface area contributed by atoms with Gasteiger partial charge in [-0.05, 0) is 10.4 Å². The number of aromatic nitrogens is 5. The van der Waals surface area contributed by atoms with Crippen LogP contribution in [0.1, 0.15) is 5.69 Å². The molecule has 2 aliphatic heterocycles. The number of fused-ring (bicyclic) bond motifs is 1. The van der Waals surface area contributed by atoms with E-state index >= 15 is 0 Å². The molecule has 0 radical (unpaired) electrons. The Morgan fingerprint density at radius 1 is 1.41 bits per heavy atom. The average molecular weight is 620 g/mol. The third-order valence-corrected chi connectivity index (χ3v) is 8.98. The smallest absolute Gasteiger partial charge is 0.325 e. The second kappa shape index (κ2) is 12.6. The Labute approximate surface area is 238 Å². The summed E-state index contributed by atoms with van der Waals surface area (Å²) in [6, 6.07) is -0.907. The molecule has 3 atom stereocenters. The van der Waals surface area contributed by atoms with Crippen molar-refractivity contribution in [3.63, 3.8) is 0 Å². The van der Waals surface area contributed by atoms with E-state index in [0.29, 0.717) is 0 Å². The molecular weight excluding hydrogens is 598 g/mol. The number of β-lactam (4-membered cyclic amide) rings is 1. The van der Waals surface area contributed by atoms with Crippen molar-refractivity contribution in [1.82, 2.24) is 35.4 Å². The number of halogens is 1. The van der Waals surface area contributed by atoms with Gasteiger partial charge in [-0.2, -0.15) is 0 Å². The zero-order chi connectivity index (χ0) is 27.4. The lowest BCUT2D eigenvalue weighted by atomic mass is 9.89. The van der Waals surface area contributed by atoms with E-state index in [9.17, 15) is 24.3 Å². The minimum absolute atomic E-state index is 0. The van der Waals surface area contributed by atoms with Crippen LogP contribution in [-0.4, -0.2) is 106 Å². The fourth-order valence-electron chi connectivity index (χ4n) is 3.60. The predicted octanol–water partition coefficient (Wildman–Crippen LogP) is -0.612. The summed E-state index contributed by atoms with van der Waals surface area (Å²) in [7, 11) is 0. The van der Waals surface area contributed by atoms with Crippen LogP contribution >= 0.6 is 47.3 Å². The lowest BCUT2D eigenvalue weighted by Crippen LogP contribution is -2.74. The third-order valence-electron chi connectivity index (χ3n) is 5.47. The molecule has 0 aromatic carbocycles. The van der Waals surface area contributed by atoms with E-state index in [4.69, 9.17) is 15.7 Å². The van der Waals surface area contributed by atoms with Crippen molar-refractivity contribution < 1.29 is 34.2 Å². The molecule has 2 unspecified atom stereocenters. The van der Waals surface area contributed by atoms with Crippen LogP contribution in [0, 0.1) is 5.41 Å². The first-order valence-electron chi connectivity index (χ1n) is 10.7. The minimum atomic E-state index is -1.35. The number of anilines is 1. The van der Waals surface area contributed by atoms with Gasteiger partial charge in [0.15, 0.2) is 10.8 Å². The van der Waals surface area contributed by atoms with Gasteiger partial charge in [0.1, 0.15) is 35.7 Å². The molecule has 2 aromatic heterocycles. The number of rotatable bonds is 12. The zero-order valence-electron chi connectivity index (χ0n) is 19.8. The van der Waals surface area contributed by atoms with Crippen molar-refractivity contribution in [2.45, 2.75) is 23.1 Å². The fraction of sp³-hybridized carbons (Fsp3) is 0.421. The van der Waals surface area contributed by atoms with E-state index in [0.717, 1.165) is 27.8 Å². The quantitative estimate of drug-likeness (QED) is 0.0580. The van der Waals surface area contributed by atoms with Gasteiger partial charge in [0.25, 0.3) is 5.91 Å².